The van der Waals surface area contributed by atoms with Crippen molar-refractivity contribution >= 4 is 88.6 Å². The first kappa shape index (κ1) is 53.2. The number of sulfonamides is 2. The minimum atomic E-state index is -3.97. The van der Waals surface area contributed by atoms with E-state index in [0.29, 0.717) is 47.7 Å². The molecule has 0 aliphatic rings. The van der Waals surface area contributed by atoms with Crippen LogP contribution in [0.3, 0.4) is 0 Å². The second-order valence-electron chi connectivity index (χ2n) is 15.9. The number of carbonyl (C=O) groups is 2. The molecule has 0 aliphatic heterocycles. The summed E-state index contributed by atoms with van der Waals surface area (Å²) >= 11 is 7.14. The number of nitrogen functional groups attached to an aromatic ring is 1. The van der Waals surface area contributed by atoms with Crippen LogP contribution in [-0.4, -0.2) is 73.5 Å². The zero-order chi connectivity index (χ0) is 50.1. The maximum Gasteiger partial charge on any atom is 0.411 e. The van der Waals surface area contributed by atoms with E-state index in [1.165, 1.54) is 73.3 Å². The van der Waals surface area contributed by atoms with Gasteiger partial charge in [-0.3, -0.25) is 25.5 Å². The van der Waals surface area contributed by atoms with Crippen LogP contribution in [0.25, 0.3) is 42.0 Å². The van der Waals surface area contributed by atoms with E-state index in [4.69, 9.17) is 5.73 Å². The molecule has 0 saturated heterocycles. The summed E-state index contributed by atoms with van der Waals surface area (Å²) in [6, 6.07) is 21.2. The molecule has 2 aromatic heterocycles. The number of nitro groups is 2. The Morgan fingerprint density at radius 2 is 1.04 bits per heavy atom. The first-order chi connectivity index (χ1) is 31.1. The van der Waals surface area contributed by atoms with Gasteiger partial charge in [0.1, 0.15) is 10.0 Å². The van der Waals surface area contributed by atoms with Crippen molar-refractivity contribution in [3.63, 3.8) is 0 Å². The molecule has 5 N–H and O–H groups in total. The predicted molar refractivity (Wildman–Crippen MR) is 258 cm³/mol. The van der Waals surface area contributed by atoms with Crippen LogP contribution in [0.4, 0.5) is 32.3 Å². The van der Waals surface area contributed by atoms with Crippen LogP contribution < -0.4 is 20.5 Å². The Hall–Kier alpha value is -6.41. The van der Waals surface area contributed by atoms with Crippen LogP contribution in [0.1, 0.15) is 41.5 Å². The number of nitrogens with zero attached hydrogens (tertiary/aromatic N) is 4. The molecule has 0 aliphatic carbocycles. The topological polar surface area (TPSA) is 295 Å². The number of carbonyl (C=O) groups excluding carboxylic acids is 2. The van der Waals surface area contributed by atoms with Gasteiger partial charge in [-0.1, -0.05) is 12.1 Å². The summed E-state index contributed by atoms with van der Waals surface area (Å²) in [5.74, 6) is 0. The molecule has 0 fully saturated rings. The van der Waals surface area contributed by atoms with Crippen LogP contribution in [0.15, 0.2) is 107 Å². The fourth-order valence-electron chi connectivity index (χ4n) is 5.59. The Morgan fingerprint density at radius 3 is 1.40 bits per heavy atom. The van der Waals surface area contributed by atoms with Crippen LogP contribution in [0.5, 0.6) is 0 Å². The number of nitrogens with one attached hydrogen (secondary N) is 3. The van der Waals surface area contributed by atoms with Gasteiger partial charge in [-0.2, -0.15) is 0 Å². The maximum absolute atomic E-state index is 13.2. The highest BCUT2D eigenvalue weighted by Gasteiger charge is 2.28. The number of anilines is 2. The number of hydrogen-bond acceptors (Lipinski definition) is 17. The van der Waals surface area contributed by atoms with Gasteiger partial charge in [-0.15, -0.1) is 22.7 Å². The molecule has 0 unspecified atom stereocenters. The van der Waals surface area contributed by atoms with Crippen molar-refractivity contribution < 1.29 is 45.7 Å². The molecule has 6 rings (SSSR count). The number of non-ortho nitro benzene ring substituents is 2. The van der Waals surface area contributed by atoms with E-state index in [0.717, 1.165) is 0 Å². The van der Waals surface area contributed by atoms with E-state index in [2.05, 4.69) is 45.8 Å². The van der Waals surface area contributed by atoms with E-state index in [1.54, 1.807) is 102 Å². The van der Waals surface area contributed by atoms with Gasteiger partial charge < -0.3 is 15.2 Å². The van der Waals surface area contributed by atoms with Crippen molar-refractivity contribution in [1.82, 2.24) is 19.4 Å². The molecular weight excluding hydrogens is 972 g/mol. The molecule has 25 heteroatoms. The van der Waals surface area contributed by atoms with Gasteiger partial charge in [-0.25, -0.2) is 45.8 Å². The Balaban J connectivity index is 0.000000267. The number of amides is 1. The highest BCUT2D eigenvalue weighted by Crippen LogP contribution is 2.39. The third kappa shape index (κ3) is 15.3. The van der Waals surface area contributed by atoms with E-state index < -0.39 is 52.5 Å². The maximum atomic E-state index is 13.2. The van der Waals surface area contributed by atoms with Gasteiger partial charge in [-0.05, 0) is 90.1 Å². The molecule has 356 valence electrons. The minimum absolute atomic E-state index is 0.00861. The normalized spacial score (nSPS) is 11.5. The van der Waals surface area contributed by atoms with Crippen molar-refractivity contribution in [2.45, 2.75) is 62.4 Å². The molecule has 0 atom stereocenters. The van der Waals surface area contributed by atoms with Gasteiger partial charge in [0, 0.05) is 93.0 Å². The van der Waals surface area contributed by atoms with Gasteiger partial charge in [0.15, 0.2) is 0 Å². The lowest BCUT2D eigenvalue weighted by Gasteiger charge is -2.22. The average Bonchev–Trinajstić information content (AvgIpc) is 3.94. The Morgan fingerprint density at radius 1 is 0.657 bits per heavy atom. The summed E-state index contributed by atoms with van der Waals surface area (Å²) in [7, 11) is -5.36. The molecular formula is C42H45ClN8O12S4. The summed E-state index contributed by atoms with van der Waals surface area (Å²) in [6.45, 7) is 10.4. The van der Waals surface area contributed by atoms with Crippen molar-refractivity contribution in [2.24, 2.45) is 0 Å². The number of ether oxygens (including phenoxy) is 2. The van der Waals surface area contributed by atoms with Crippen LogP contribution >= 0.6 is 34.3 Å². The number of methoxy groups -OCH3 is 2. The van der Waals surface area contributed by atoms with Crippen LogP contribution in [0, 0.1) is 20.2 Å². The second-order valence-corrected chi connectivity index (χ2v) is 21.6. The van der Waals surface area contributed by atoms with E-state index in [-0.39, 0.29) is 26.9 Å². The Kier molecular flexibility index (Phi) is 17.4. The first-order valence-corrected chi connectivity index (χ1v) is 24.2. The van der Waals surface area contributed by atoms with Crippen molar-refractivity contribution in [3.05, 3.63) is 118 Å². The highest BCUT2D eigenvalue weighted by atomic mass is 35.5. The summed E-state index contributed by atoms with van der Waals surface area (Å²) in [5, 5.41) is 25.4. The summed E-state index contributed by atoms with van der Waals surface area (Å²) in [4.78, 5) is 51.7. The fourth-order valence-corrected chi connectivity index (χ4v) is 11.0. The third-order valence-corrected chi connectivity index (χ3v) is 14.1. The van der Waals surface area contributed by atoms with Crippen molar-refractivity contribution in [3.8, 4) is 42.0 Å². The Bertz CT molecular complexity index is 2990. The van der Waals surface area contributed by atoms with Crippen LogP contribution in [-0.2, 0) is 29.5 Å². The van der Waals surface area contributed by atoms with Gasteiger partial charge in [0.2, 0.25) is 20.0 Å². The smallest absolute Gasteiger partial charge is 0.411 e. The first-order valence-electron chi connectivity index (χ1n) is 19.2. The molecule has 1 amide bonds. The number of aromatic nitrogens is 2. The third-order valence-electron chi connectivity index (χ3n) is 8.23. The van der Waals surface area contributed by atoms with Gasteiger partial charge in [0.25, 0.3) is 11.4 Å². The lowest BCUT2D eigenvalue weighted by molar-refractivity contribution is -0.385. The van der Waals surface area contributed by atoms with Crippen molar-refractivity contribution in [1.29, 1.82) is 0 Å². The van der Waals surface area contributed by atoms with Crippen molar-refractivity contribution in [2.75, 3.05) is 25.3 Å². The number of benzene rings is 4. The van der Waals surface area contributed by atoms with Crippen LogP contribution in [0.2, 0.25) is 0 Å². The average molecular weight is 1020 g/mol. The van der Waals surface area contributed by atoms with Gasteiger partial charge >= 0.3 is 11.5 Å². The Labute approximate surface area is 398 Å². The molecule has 0 spiro atoms. The molecule has 0 saturated carbocycles. The quantitative estimate of drug-likeness (QED) is 0.0406. The minimum Gasteiger partial charge on any atom is -0.457 e. The number of thiazole rings is 2. The lowest BCUT2D eigenvalue weighted by atomic mass is 10.1. The SMILES string of the molecule is CC(C)(C)NS(=O)(=O)c1cc(N)ccc1-c1cnc(-c2ccc([N+](=O)[O-])cc2)s1.COC(=O)Cl.COC(=O)Nc1ccc(-c2cnc(-c3ccc([N+](=O)[O-])cc3)s2)c(S(=O)(=O)NC(C)(C)C)c1. The summed E-state index contributed by atoms with van der Waals surface area (Å²) < 4.78 is 66.0. The molecule has 67 heavy (non-hydrogen) atoms. The fraction of sp³-hybridized carbons (Fsp3) is 0.238. The molecule has 2 heterocycles. The zero-order valence-corrected chi connectivity index (χ0v) is 41.0. The zero-order valence-electron chi connectivity index (χ0n) is 37.0. The largest absolute Gasteiger partial charge is 0.457 e. The number of halogens is 1. The molecule has 4 aromatic carbocycles. The molecule has 0 bridgehead atoms. The number of nitrogens with two attached hydrogens (primary N) is 1. The summed E-state index contributed by atoms with van der Waals surface area (Å²) in [5.41, 5.74) is 6.48. The monoisotopic (exact) mass is 1020 g/mol. The predicted octanol–water partition coefficient (Wildman–Crippen LogP) is 9.68. The van der Waals surface area contributed by atoms with E-state index in [9.17, 15) is 46.7 Å². The summed E-state index contributed by atoms with van der Waals surface area (Å²) in [6.07, 6.45) is 2.40. The number of rotatable bonds is 11. The van der Waals surface area contributed by atoms with E-state index in [1.807, 2.05) is 0 Å². The number of hydrogen-bond donors (Lipinski definition) is 4. The second kappa shape index (κ2) is 21.9. The number of nitro benzene ring substituents is 2. The van der Waals surface area contributed by atoms with Gasteiger partial charge in [0.05, 0.1) is 43.6 Å². The highest BCUT2D eigenvalue weighted by molar-refractivity contribution is 7.90. The molecule has 6 aromatic rings. The standard InChI is InChI=1S/C21H22N4O6S2.C19H20N4O4S2.C2H3ClO2/c1-21(2,3)24-33(29,30)18-11-14(23-20(26)31-4)7-10-16(18)17-12-22-19(32-17)13-5-8-15(9-6-13)25(27)28;1-19(2,3)22-29(26,27)17-10-13(20)6-9-15(17)16-11-21-18(28-16)12-4-7-14(8-5-12)23(24)25;1-5-2(3)4/h5-12,24H,1-4H3,(H,23,26);4-11,22H,20H2,1-3H3;1H3. The molecule has 20 nitrogen and oxygen atoms in total. The lowest BCUT2D eigenvalue weighted by Crippen LogP contribution is -2.40. The molecule has 0 radical (unpaired) electrons. The van der Waals surface area contributed by atoms with E-state index >= 15 is 0 Å².